The summed E-state index contributed by atoms with van der Waals surface area (Å²) in [5, 5.41) is 0. The van der Waals surface area contributed by atoms with Crippen LogP contribution in [0.2, 0.25) is 0 Å². The summed E-state index contributed by atoms with van der Waals surface area (Å²) in [7, 11) is 0. The molecule has 29 heavy (non-hydrogen) atoms. The summed E-state index contributed by atoms with van der Waals surface area (Å²) >= 11 is -1.33. The molecule has 3 atom stereocenters. The van der Waals surface area contributed by atoms with E-state index in [-0.39, 0.29) is 18.5 Å². The summed E-state index contributed by atoms with van der Waals surface area (Å²) in [6, 6.07) is -0.299. The summed E-state index contributed by atoms with van der Waals surface area (Å²) in [6.07, 6.45) is 1.42. The number of hydrogen-bond acceptors (Lipinski definition) is 5. The maximum absolute atomic E-state index is 12.9. The second kappa shape index (κ2) is 8.77. The van der Waals surface area contributed by atoms with Crippen molar-refractivity contribution in [1.29, 1.82) is 0 Å². The van der Waals surface area contributed by atoms with E-state index in [0.29, 0.717) is 19.3 Å². The van der Waals surface area contributed by atoms with Gasteiger partial charge in [0.1, 0.15) is 11.1 Å². The van der Waals surface area contributed by atoms with Crippen molar-refractivity contribution in [1.82, 2.24) is 19.6 Å². The molecule has 0 spiro atoms. The number of likely N-dealkylation sites (tertiary alicyclic amines) is 1. The third kappa shape index (κ3) is 6.29. The summed E-state index contributed by atoms with van der Waals surface area (Å²) in [5.41, 5.74) is -0.0878. The maximum Gasteiger partial charge on any atom is 0.471 e. The normalized spacial score (nSPS) is 21.8. The summed E-state index contributed by atoms with van der Waals surface area (Å²) in [5.74, 6) is -1.86. The average molecular weight is 435 g/mol. The standard InChI is InChI=1S/C19H29F3N4O2S/c1-17(2,3)29(28)25-15(14-9-23-12-24-10-14)7-6-13-8-18(4,5)26(11-13)16(27)19(20,21)22/h9-10,12-13,15,25H,6-8,11H2,1-5H3. The van der Waals surface area contributed by atoms with E-state index in [9.17, 15) is 22.5 Å². The van der Waals surface area contributed by atoms with Gasteiger partial charge in [0.2, 0.25) is 0 Å². The van der Waals surface area contributed by atoms with Gasteiger partial charge >= 0.3 is 12.1 Å². The number of aromatic nitrogens is 2. The molecule has 0 bridgehead atoms. The highest BCUT2D eigenvalue weighted by molar-refractivity contribution is 7.90. The number of amides is 1. The van der Waals surface area contributed by atoms with Crippen molar-refractivity contribution in [2.45, 2.75) is 76.4 Å². The molecule has 2 heterocycles. The second-order valence-corrected chi connectivity index (χ2v) is 11.1. The minimum Gasteiger partial charge on any atom is -0.598 e. The zero-order valence-electron chi connectivity index (χ0n) is 17.4. The molecule has 10 heteroatoms. The first-order valence-electron chi connectivity index (χ1n) is 9.53. The lowest BCUT2D eigenvalue weighted by atomic mass is 9.91. The highest BCUT2D eigenvalue weighted by atomic mass is 32.2. The first-order valence-corrected chi connectivity index (χ1v) is 10.7. The fraction of sp³-hybridized carbons (Fsp3) is 0.737. The number of hydrogen-bond donors (Lipinski definition) is 1. The van der Waals surface area contributed by atoms with Crippen LogP contribution >= 0.6 is 0 Å². The van der Waals surface area contributed by atoms with Crippen LogP contribution in [-0.4, -0.2) is 48.3 Å². The van der Waals surface area contributed by atoms with Gasteiger partial charge in [-0.15, -0.1) is 4.72 Å². The molecule has 1 aromatic rings. The van der Waals surface area contributed by atoms with E-state index in [4.69, 9.17) is 0 Å². The van der Waals surface area contributed by atoms with E-state index >= 15 is 0 Å². The molecule has 0 aromatic carbocycles. The van der Waals surface area contributed by atoms with Crippen molar-refractivity contribution in [2.24, 2.45) is 5.92 Å². The molecule has 6 nitrogen and oxygen atoms in total. The number of carbonyl (C=O) groups excluding carboxylic acids is 1. The zero-order valence-corrected chi connectivity index (χ0v) is 18.2. The van der Waals surface area contributed by atoms with Crippen LogP contribution in [-0.2, 0) is 16.2 Å². The Morgan fingerprint density at radius 1 is 1.34 bits per heavy atom. The first kappa shape index (κ1) is 23.9. The molecule has 1 aromatic heterocycles. The monoisotopic (exact) mass is 434 g/mol. The number of carbonyl (C=O) groups is 1. The van der Waals surface area contributed by atoms with E-state index in [1.165, 1.54) is 6.33 Å². The summed E-state index contributed by atoms with van der Waals surface area (Å²) in [4.78, 5) is 20.7. The predicted octanol–water partition coefficient (Wildman–Crippen LogP) is 3.54. The molecular weight excluding hydrogens is 405 g/mol. The Bertz CT molecular complexity index is 695. The van der Waals surface area contributed by atoms with Crippen molar-refractivity contribution in [3.63, 3.8) is 0 Å². The molecule has 1 aliphatic rings. The number of rotatable bonds is 6. The van der Waals surface area contributed by atoms with Crippen LogP contribution in [0, 0.1) is 5.92 Å². The smallest absolute Gasteiger partial charge is 0.471 e. The Labute approximate surface area is 173 Å². The summed E-state index contributed by atoms with van der Waals surface area (Å²) < 4.78 is 54.0. The van der Waals surface area contributed by atoms with Gasteiger partial charge in [0.25, 0.3) is 0 Å². The minimum absolute atomic E-state index is 0.0612. The molecule has 0 radical (unpaired) electrons. The van der Waals surface area contributed by atoms with Crippen LogP contribution in [0.25, 0.3) is 0 Å². The molecule has 2 rings (SSSR count). The fourth-order valence-electron chi connectivity index (χ4n) is 3.58. The molecule has 1 amide bonds. The maximum atomic E-state index is 12.9. The lowest BCUT2D eigenvalue weighted by Gasteiger charge is -2.31. The van der Waals surface area contributed by atoms with Crippen molar-refractivity contribution in [3.05, 3.63) is 24.3 Å². The Morgan fingerprint density at radius 2 is 1.93 bits per heavy atom. The van der Waals surface area contributed by atoms with Gasteiger partial charge in [0.15, 0.2) is 0 Å². The van der Waals surface area contributed by atoms with Crippen LogP contribution in [0.15, 0.2) is 18.7 Å². The number of nitrogens with one attached hydrogen (secondary N) is 1. The van der Waals surface area contributed by atoms with Crippen LogP contribution in [0.5, 0.6) is 0 Å². The van der Waals surface area contributed by atoms with Gasteiger partial charge < -0.3 is 9.45 Å². The van der Waals surface area contributed by atoms with Gasteiger partial charge in [-0.3, -0.25) is 4.79 Å². The van der Waals surface area contributed by atoms with E-state index in [1.54, 1.807) is 26.2 Å². The molecule has 1 saturated heterocycles. The van der Waals surface area contributed by atoms with Crippen molar-refractivity contribution in [2.75, 3.05) is 6.54 Å². The zero-order chi connectivity index (χ0) is 22.0. The number of halogens is 3. The van der Waals surface area contributed by atoms with Crippen LogP contribution in [0.4, 0.5) is 13.2 Å². The largest absolute Gasteiger partial charge is 0.598 e. The highest BCUT2D eigenvalue weighted by Gasteiger charge is 2.50. The van der Waals surface area contributed by atoms with Crippen molar-refractivity contribution >= 4 is 17.3 Å². The van der Waals surface area contributed by atoms with Gasteiger partial charge in [-0.25, -0.2) is 9.97 Å². The molecule has 1 fully saturated rings. The van der Waals surface area contributed by atoms with E-state index in [0.717, 1.165) is 10.5 Å². The van der Waals surface area contributed by atoms with E-state index < -0.39 is 33.7 Å². The Kier molecular flexibility index (Phi) is 7.22. The Hall–Kier alpha value is -1.39. The van der Waals surface area contributed by atoms with Gasteiger partial charge in [0.05, 0.1) is 6.04 Å². The predicted molar refractivity (Wildman–Crippen MR) is 105 cm³/mol. The Morgan fingerprint density at radius 3 is 2.45 bits per heavy atom. The molecule has 0 aliphatic carbocycles. The molecule has 1 aliphatic heterocycles. The highest BCUT2D eigenvalue weighted by Crippen LogP contribution is 2.38. The van der Waals surface area contributed by atoms with Crippen LogP contribution < -0.4 is 4.72 Å². The molecule has 164 valence electrons. The average Bonchev–Trinajstić information content (AvgIpc) is 2.91. The number of alkyl halides is 3. The molecule has 0 saturated carbocycles. The lowest BCUT2D eigenvalue weighted by molar-refractivity contribution is -0.188. The van der Waals surface area contributed by atoms with E-state index in [1.807, 2.05) is 20.8 Å². The van der Waals surface area contributed by atoms with Gasteiger partial charge in [-0.2, -0.15) is 13.2 Å². The van der Waals surface area contributed by atoms with Crippen molar-refractivity contribution in [3.8, 4) is 0 Å². The third-order valence-electron chi connectivity index (χ3n) is 5.10. The Balaban J connectivity index is 2.08. The summed E-state index contributed by atoms with van der Waals surface area (Å²) in [6.45, 7) is 8.95. The van der Waals surface area contributed by atoms with Crippen LogP contribution in [0.1, 0.15) is 65.5 Å². The molecule has 3 unspecified atom stereocenters. The lowest BCUT2D eigenvalue weighted by Crippen LogP contribution is -2.48. The number of nitrogens with zero attached hydrogens (tertiary/aromatic N) is 3. The second-order valence-electron chi connectivity index (χ2n) is 9.10. The van der Waals surface area contributed by atoms with Crippen LogP contribution in [0.3, 0.4) is 0 Å². The van der Waals surface area contributed by atoms with E-state index in [2.05, 4.69) is 14.7 Å². The third-order valence-corrected chi connectivity index (χ3v) is 6.71. The molecule has 1 N–H and O–H groups in total. The van der Waals surface area contributed by atoms with Gasteiger partial charge in [-0.1, -0.05) is 0 Å². The van der Waals surface area contributed by atoms with Gasteiger partial charge in [-0.05, 0) is 59.8 Å². The minimum atomic E-state index is -4.87. The quantitative estimate of drug-likeness (QED) is 0.693. The van der Waals surface area contributed by atoms with Gasteiger partial charge in [0, 0.05) is 41.4 Å². The first-order chi connectivity index (χ1) is 13.2. The topological polar surface area (TPSA) is 81.2 Å². The fourth-order valence-corrected chi connectivity index (χ4v) is 4.45. The molecular formula is C19H29F3N4O2S. The SMILES string of the molecule is CC1(C)CC(CCC(N[S+]([O-])C(C)(C)C)c2cncnc2)CN1C(=O)C(F)(F)F. The van der Waals surface area contributed by atoms with Crippen molar-refractivity contribution < 1.29 is 22.5 Å².